The Bertz CT molecular complexity index is 960. The highest BCUT2D eigenvalue weighted by Crippen LogP contribution is 2.35. The van der Waals surface area contributed by atoms with Crippen LogP contribution in [-0.4, -0.2) is 25.1 Å². The van der Waals surface area contributed by atoms with Gasteiger partial charge in [0.15, 0.2) is 11.5 Å². The van der Waals surface area contributed by atoms with E-state index in [9.17, 15) is 20.2 Å². The summed E-state index contributed by atoms with van der Waals surface area (Å²) in [4.78, 5) is 23.1. The van der Waals surface area contributed by atoms with Gasteiger partial charge in [0, 0.05) is 5.69 Å². The highest BCUT2D eigenvalue weighted by Gasteiger charge is 2.20. The van der Waals surface area contributed by atoms with E-state index in [4.69, 9.17) is 9.47 Å². The van der Waals surface area contributed by atoms with Gasteiger partial charge in [-0.05, 0) is 36.8 Å². The number of carbonyl (C=O) groups is 1. The van der Waals surface area contributed by atoms with Crippen molar-refractivity contribution < 1.29 is 19.2 Å². The van der Waals surface area contributed by atoms with Gasteiger partial charge in [-0.2, -0.15) is 5.26 Å². The molecule has 2 rings (SSSR count). The first-order valence-corrected chi connectivity index (χ1v) is 7.79. The van der Waals surface area contributed by atoms with Crippen LogP contribution in [0.15, 0.2) is 42.0 Å². The molecule has 0 unspecified atom stereocenters. The number of rotatable bonds is 6. The molecule has 0 heterocycles. The summed E-state index contributed by atoms with van der Waals surface area (Å²) in [6.45, 7) is 1.86. The molecule has 27 heavy (non-hydrogen) atoms. The molecule has 0 atom stereocenters. The zero-order valence-electron chi connectivity index (χ0n) is 15.0. The second-order valence-electron chi connectivity index (χ2n) is 5.52. The van der Waals surface area contributed by atoms with Gasteiger partial charge in [-0.15, -0.1) is 0 Å². The first-order chi connectivity index (χ1) is 12.9. The van der Waals surface area contributed by atoms with Crippen molar-refractivity contribution in [1.29, 1.82) is 5.26 Å². The molecule has 0 aromatic heterocycles. The van der Waals surface area contributed by atoms with Gasteiger partial charge in [-0.3, -0.25) is 14.9 Å². The maximum Gasteiger partial charge on any atom is 0.280 e. The maximum absolute atomic E-state index is 12.4. The lowest BCUT2D eigenvalue weighted by Crippen LogP contribution is -2.13. The lowest BCUT2D eigenvalue weighted by Gasteiger charge is -2.09. The van der Waals surface area contributed by atoms with Gasteiger partial charge in [0.05, 0.1) is 30.8 Å². The Hall–Kier alpha value is -3.86. The number of nitrogens with zero attached hydrogens (tertiary/aromatic N) is 2. The van der Waals surface area contributed by atoms with Crippen LogP contribution in [0.3, 0.4) is 0 Å². The topological polar surface area (TPSA) is 114 Å². The average Bonchev–Trinajstić information content (AvgIpc) is 2.65. The number of aryl methyl sites for hydroxylation is 1. The summed E-state index contributed by atoms with van der Waals surface area (Å²) in [6.07, 6.45) is 1.14. The van der Waals surface area contributed by atoms with E-state index in [1.165, 1.54) is 26.4 Å². The Morgan fingerprint density at radius 2 is 1.89 bits per heavy atom. The molecule has 8 heteroatoms. The van der Waals surface area contributed by atoms with Crippen LogP contribution in [0.25, 0.3) is 6.08 Å². The summed E-state index contributed by atoms with van der Waals surface area (Å²) in [7, 11) is 2.74. The number of amides is 1. The average molecular weight is 367 g/mol. The van der Waals surface area contributed by atoms with Crippen molar-refractivity contribution in [2.45, 2.75) is 6.92 Å². The monoisotopic (exact) mass is 367 g/mol. The van der Waals surface area contributed by atoms with Crippen molar-refractivity contribution in [1.82, 2.24) is 0 Å². The fraction of sp³-hybridized carbons (Fsp3) is 0.158. The molecule has 0 aliphatic carbocycles. The highest BCUT2D eigenvalue weighted by atomic mass is 16.6. The van der Waals surface area contributed by atoms with Gasteiger partial charge in [0.25, 0.3) is 11.6 Å². The van der Waals surface area contributed by atoms with Crippen LogP contribution in [0, 0.1) is 28.4 Å². The van der Waals surface area contributed by atoms with E-state index < -0.39 is 10.8 Å². The quantitative estimate of drug-likeness (QED) is 0.362. The standard InChI is InChI=1S/C19H17N3O5/c1-12-5-4-6-15(7-12)21-19(23)14(11-20)8-13-9-17(26-2)18(27-3)10-16(13)22(24)25/h4-10H,1-3H3,(H,21,23)/b14-8+. The maximum atomic E-state index is 12.4. The molecule has 2 aromatic rings. The number of methoxy groups -OCH3 is 2. The molecule has 0 fully saturated rings. The van der Waals surface area contributed by atoms with Gasteiger partial charge in [0.2, 0.25) is 0 Å². The number of nitro groups is 1. The molecule has 0 saturated carbocycles. The summed E-state index contributed by atoms with van der Waals surface area (Å²) in [5.41, 5.74) is 0.901. The summed E-state index contributed by atoms with van der Waals surface area (Å²) in [5, 5.41) is 23.3. The third-order valence-corrected chi connectivity index (χ3v) is 3.67. The number of carbonyl (C=O) groups excluding carboxylic acids is 1. The van der Waals surface area contributed by atoms with Crippen LogP contribution in [0.1, 0.15) is 11.1 Å². The molecular weight excluding hydrogens is 350 g/mol. The molecule has 0 aliphatic heterocycles. The summed E-state index contributed by atoms with van der Waals surface area (Å²) < 4.78 is 10.2. The van der Waals surface area contributed by atoms with E-state index in [1.807, 2.05) is 13.0 Å². The molecule has 1 amide bonds. The molecular formula is C19H17N3O5. The van der Waals surface area contributed by atoms with E-state index in [0.29, 0.717) is 5.69 Å². The Morgan fingerprint density at radius 3 is 2.44 bits per heavy atom. The Kier molecular flexibility index (Phi) is 6.12. The van der Waals surface area contributed by atoms with Gasteiger partial charge >= 0.3 is 0 Å². The minimum atomic E-state index is -0.674. The van der Waals surface area contributed by atoms with Crippen molar-refractivity contribution in [2.75, 3.05) is 19.5 Å². The molecule has 138 valence electrons. The minimum absolute atomic E-state index is 0.0496. The van der Waals surface area contributed by atoms with Crippen LogP contribution in [0.2, 0.25) is 0 Å². The first-order valence-electron chi connectivity index (χ1n) is 7.79. The van der Waals surface area contributed by atoms with E-state index in [1.54, 1.807) is 24.3 Å². The molecule has 0 saturated heterocycles. The Labute approximate surface area is 155 Å². The molecule has 0 spiro atoms. The van der Waals surface area contributed by atoms with Crippen molar-refractivity contribution >= 4 is 23.4 Å². The number of benzene rings is 2. The third-order valence-electron chi connectivity index (χ3n) is 3.67. The van der Waals surface area contributed by atoms with Crippen LogP contribution in [-0.2, 0) is 4.79 Å². The minimum Gasteiger partial charge on any atom is -0.493 e. The normalized spacial score (nSPS) is 10.7. The smallest absolute Gasteiger partial charge is 0.280 e. The first kappa shape index (κ1) is 19.5. The fourth-order valence-corrected chi connectivity index (χ4v) is 2.38. The predicted molar refractivity (Wildman–Crippen MR) is 99.6 cm³/mol. The van der Waals surface area contributed by atoms with Crippen LogP contribution in [0.5, 0.6) is 11.5 Å². The number of hydrogen-bond acceptors (Lipinski definition) is 6. The molecule has 1 N–H and O–H groups in total. The zero-order chi connectivity index (χ0) is 20.0. The Balaban J connectivity index is 2.45. The number of hydrogen-bond donors (Lipinski definition) is 1. The number of ether oxygens (including phenoxy) is 2. The van der Waals surface area contributed by atoms with Gasteiger partial charge in [-0.1, -0.05) is 12.1 Å². The lowest BCUT2D eigenvalue weighted by molar-refractivity contribution is -0.385. The van der Waals surface area contributed by atoms with Gasteiger partial charge in [-0.25, -0.2) is 0 Å². The SMILES string of the molecule is COc1cc(/C=C(\C#N)C(=O)Nc2cccc(C)c2)c([N+](=O)[O-])cc1OC. The number of nitrogens with one attached hydrogen (secondary N) is 1. The summed E-state index contributed by atoms with van der Waals surface area (Å²) >= 11 is 0. The van der Waals surface area contributed by atoms with Crippen LogP contribution >= 0.6 is 0 Å². The van der Waals surface area contributed by atoms with Crippen molar-refractivity contribution in [3.63, 3.8) is 0 Å². The zero-order valence-corrected chi connectivity index (χ0v) is 15.0. The number of nitriles is 1. The highest BCUT2D eigenvalue weighted by molar-refractivity contribution is 6.10. The summed E-state index contributed by atoms with van der Waals surface area (Å²) in [6, 6.07) is 11.3. The molecule has 0 bridgehead atoms. The second kappa shape index (κ2) is 8.49. The number of anilines is 1. The van der Waals surface area contributed by atoms with E-state index in [-0.39, 0.29) is 28.3 Å². The predicted octanol–water partition coefficient (Wildman–Crippen LogP) is 3.47. The number of nitro benzene ring substituents is 1. The van der Waals surface area contributed by atoms with Crippen molar-refractivity contribution in [3.8, 4) is 17.6 Å². The fourth-order valence-electron chi connectivity index (χ4n) is 2.38. The van der Waals surface area contributed by atoms with Crippen molar-refractivity contribution in [2.24, 2.45) is 0 Å². The molecule has 8 nitrogen and oxygen atoms in total. The van der Waals surface area contributed by atoms with E-state index in [2.05, 4.69) is 5.32 Å². The lowest BCUT2D eigenvalue weighted by atomic mass is 10.1. The van der Waals surface area contributed by atoms with E-state index >= 15 is 0 Å². The molecule has 0 aliphatic rings. The second-order valence-corrected chi connectivity index (χ2v) is 5.52. The largest absolute Gasteiger partial charge is 0.493 e. The molecule has 0 radical (unpaired) electrons. The molecule has 2 aromatic carbocycles. The van der Waals surface area contributed by atoms with Crippen LogP contribution < -0.4 is 14.8 Å². The van der Waals surface area contributed by atoms with E-state index in [0.717, 1.165) is 11.6 Å². The van der Waals surface area contributed by atoms with Gasteiger partial charge < -0.3 is 14.8 Å². The van der Waals surface area contributed by atoms with Gasteiger partial charge in [0.1, 0.15) is 11.6 Å². The Morgan fingerprint density at radius 1 is 1.22 bits per heavy atom. The van der Waals surface area contributed by atoms with Crippen LogP contribution in [0.4, 0.5) is 11.4 Å². The summed E-state index contributed by atoms with van der Waals surface area (Å²) in [5.74, 6) is -0.262. The van der Waals surface area contributed by atoms with Crippen molar-refractivity contribution in [3.05, 3.63) is 63.2 Å². The third kappa shape index (κ3) is 4.61.